The van der Waals surface area contributed by atoms with E-state index >= 15 is 0 Å². The van der Waals surface area contributed by atoms with Crippen molar-refractivity contribution in [1.29, 1.82) is 0 Å². The van der Waals surface area contributed by atoms with Crippen molar-refractivity contribution in [1.82, 2.24) is 5.32 Å². The van der Waals surface area contributed by atoms with Crippen LogP contribution in [0.5, 0.6) is 17.2 Å². The summed E-state index contributed by atoms with van der Waals surface area (Å²) in [5.74, 6) is 2.31. The third-order valence-corrected chi connectivity index (χ3v) is 2.80. The van der Waals surface area contributed by atoms with Gasteiger partial charge in [-0.1, -0.05) is 0 Å². The Hall–Kier alpha value is -1.46. The number of fused-ring (bicyclic) bond motifs is 1. The smallest absolute Gasteiger partial charge is 0.231 e. The highest BCUT2D eigenvalue weighted by Crippen LogP contribution is 2.38. The molecule has 0 fully saturated rings. The minimum Gasteiger partial charge on any atom is -0.491 e. The molecule has 5 heteroatoms. The van der Waals surface area contributed by atoms with E-state index in [9.17, 15) is 0 Å². The molecular formula is C15H23NO4. The molecule has 1 heterocycles. The highest BCUT2D eigenvalue weighted by atomic mass is 16.7. The van der Waals surface area contributed by atoms with Crippen molar-refractivity contribution in [2.75, 3.05) is 27.1 Å². The van der Waals surface area contributed by atoms with Gasteiger partial charge in [-0.2, -0.15) is 0 Å². The normalized spacial score (nSPS) is 13.6. The summed E-state index contributed by atoms with van der Waals surface area (Å²) in [7, 11) is 1.90. The molecule has 1 N–H and O–H groups in total. The maximum atomic E-state index is 5.81. The molecule has 0 spiro atoms. The van der Waals surface area contributed by atoms with Gasteiger partial charge in [-0.15, -0.1) is 0 Å². The number of hydrogen-bond acceptors (Lipinski definition) is 5. The van der Waals surface area contributed by atoms with Crippen LogP contribution in [0, 0.1) is 0 Å². The first-order valence-electron chi connectivity index (χ1n) is 6.83. The summed E-state index contributed by atoms with van der Waals surface area (Å²) in [6.07, 6.45) is 0. The predicted octanol–water partition coefficient (Wildman–Crippen LogP) is 2.33. The molecule has 0 radical (unpaired) electrons. The molecule has 0 aromatic heterocycles. The predicted molar refractivity (Wildman–Crippen MR) is 76.5 cm³/mol. The summed E-state index contributed by atoms with van der Waals surface area (Å²) >= 11 is 0. The fourth-order valence-corrected chi connectivity index (χ4v) is 1.93. The second-order valence-electron chi connectivity index (χ2n) is 5.65. The number of ether oxygens (including phenoxy) is 4. The third kappa shape index (κ3) is 4.02. The fourth-order valence-electron chi connectivity index (χ4n) is 1.93. The molecule has 0 atom stereocenters. The van der Waals surface area contributed by atoms with Crippen LogP contribution in [-0.4, -0.2) is 32.7 Å². The largest absolute Gasteiger partial charge is 0.491 e. The highest BCUT2D eigenvalue weighted by Gasteiger charge is 2.18. The Morgan fingerprint density at radius 1 is 1.15 bits per heavy atom. The molecule has 1 aromatic rings. The monoisotopic (exact) mass is 281 g/mol. The van der Waals surface area contributed by atoms with Gasteiger partial charge in [-0.3, -0.25) is 0 Å². The van der Waals surface area contributed by atoms with Crippen molar-refractivity contribution in [3.8, 4) is 17.2 Å². The van der Waals surface area contributed by atoms with Crippen LogP contribution >= 0.6 is 0 Å². The lowest BCUT2D eigenvalue weighted by Crippen LogP contribution is -2.22. The van der Waals surface area contributed by atoms with Gasteiger partial charge in [0.05, 0.1) is 12.2 Å². The Kier molecular flexibility index (Phi) is 4.73. The second-order valence-corrected chi connectivity index (χ2v) is 5.65. The Labute approximate surface area is 120 Å². The van der Waals surface area contributed by atoms with Gasteiger partial charge in [-0.05, 0) is 33.9 Å². The molecule has 1 aromatic carbocycles. The van der Waals surface area contributed by atoms with E-state index < -0.39 is 0 Å². The first-order chi connectivity index (χ1) is 9.49. The zero-order valence-electron chi connectivity index (χ0n) is 12.6. The molecule has 0 saturated heterocycles. The van der Waals surface area contributed by atoms with Crippen LogP contribution in [0.4, 0.5) is 0 Å². The van der Waals surface area contributed by atoms with Crippen LogP contribution < -0.4 is 19.5 Å². The average Bonchev–Trinajstić information content (AvgIpc) is 2.81. The van der Waals surface area contributed by atoms with Crippen LogP contribution in [0.25, 0.3) is 0 Å². The van der Waals surface area contributed by atoms with E-state index in [1.54, 1.807) is 0 Å². The summed E-state index contributed by atoms with van der Waals surface area (Å²) < 4.78 is 22.2. The van der Waals surface area contributed by atoms with E-state index in [-0.39, 0.29) is 12.4 Å². The number of rotatable bonds is 6. The maximum absolute atomic E-state index is 5.81. The van der Waals surface area contributed by atoms with Crippen LogP contribution in [0.15, 0.2) is 12.1 Å². The topological polar surface area (TPSA) is 49.0 Å². The van der Waals surface area contributed by atoms with E-state index in [0.29, 0.717) is 19.8 Å². The summed E-state index contributed by atoms with van der Waals surface area (Å²) in [4.78, 5) is 0. The maximum Gasteiger partial charge on any atom is 0.231 e. The van der Waals surface area contributed by atoms with Crippen molar-refractivity contribution in [2.24, 2.45) is 0 Å². The van der Waals surface area contributed by atoms with Crippen molar-refractivity contribution >= 4 is 0 Å². The Bertz CT molecular complexity index is 454. The summed E-state index contributed by atoms with van der Waals surface area (Å²) in [5.41, 5.74) is 0.902. The summed E-state index contributed by atoms with van der Waals surface area (Å²) in [5, 5.41) is 3.12. The Morgan fingerprint density at radius 2 is 1.85 bits per heavy atom. The number of hydrogen-bond donors (Lipinski definition) is 1. The van der Waals surface area contributed by atoms with Crippen molar-refractivity contribution in [2.45, 2.75) is 32.9 Å². The van der Waals surface area contributed by atoms with Gasteiger partial charge in [0.1, 0.15) is 12.4 Å². The minimum absolute atomic E-state index is 0.147. The van der Waals surface area contributed by atoms with Gasteiger partial charge >= 0.3 is 0 Å². The lowest BCUT2D eigenvalue weighted by atomic mass is 10.1. The van der Waals surface area contributed by atoms with Gasteiger partial charge in [0.2, 0.25) is 6.79 Å². The number of benzene rings is 1. The lowest BCUT2D eigenvalue weighted by molar-refractivity contribution is -0.0164. The molecule has 2 rings (SSSR count). The molecule has 20 heavy (non-hydrogen) atoms. The van der Waals surface area contributed by atoms with Gasteiger partial charge in [0.15, 0.2) is 11.5 Å². The van der Waals surface area contributed by atoms with E-state index in [4.69, 9.17) is 18.9 Å². The van der Waals surface area contributed by atoms with Crippen LogP contribution in [0.3, 0.4) is 0 Å². The molecular weight excluding hydrogens is 258 g/mol. The van der Waals surface area contributed by atoms with Gasteiger partial charge in [0, 0.05) is 18.2 Å². The van der Waals surface area contributed by atoms with Crippen LogP contribution in [-0.2, 0) is 11.3 Å². The number of nitrogens with one attached hydrogen (secondary N) is 1. The van der Waals surface area contributed by atoms with E-state index in [1.165, 1.54) is 0 Å². The average molecular weight is 281 g/mol. The molecule has 0 bridgehead atoms. The third-order valence-electron chi connectivity index (χ3n) is 2.80. The van der Waals surface area contributed by atoms with Crippen LogP contribution in [0.2, 0.25) is 0 Å². The van der Waals surface area contributed by atoms with Crippen molar-refractivity contribution in [3.63, 3.8) is 0 Å². The molecule has 0 saturated carbocycles. The van der Waals surface area contributed by atoms with E-state index in [0.717, 1.165) is 22.8 Å². The quantitative estimate of drug-likeness (QED) is 0.811. The Morgan fingerprint density at radius 3 is 2.50 bits per heavy atom. The first-order valence-corrected chi connectivity index (χ1v) is 6.83. The minimum atomic E-state index is -0.147. The van der Waals surface area contributed by atoms with Crippen LogP contribution in [0.1, 0.15) is 26.3 Å². The van der Waals surface area contributed by atoms with Gasteiger partial charge < -0.3 is 24.3 Å². The SMILES string of the molecule is CNCc1cc2c(cc1OCCOC(C)(C)C)OCO2. The molecule has 1 aliphatic rings. The molecule has 0 aliphatic carbocycles. The fraction of sp³-hybridized carbons (Fsp3) is 0.600. The molecule has 0 unspecified atom stereocenters. The van der Waals surface area contributed by atoms with Gasteiger partial charge in [-0.25, -0.2) is 0 Å². The summed E-state index contributed by atoms with van der Waals surface area (Å²) in [6.45, 7) is 8.13. The van der Waals surface area contributed by atoms with Crippen molar-refractivity contribution < 1.29 is 18.9 Å². The second kappa shape index (κ2) is 6.33. The Balaban J connectivity index is 1.99. The molecule has 112 valence electrons. The van der Waals surface area contributed by atoms with Crippen molar-refractivity contribution in [3.05, 3.63) is 17.7 Å². The molecule has 5 nitrogen and oxygen atoms in total. The van der Waals surface area contributed by atoms with E-state index in [2.05, 4.69) is 5.32 Å². The lowest BCUT2D eigenvalue weighted by Gasteiger charge is -2.20. The molecule has 1 aliphatic heterocycles. The molecule has 0 amide bonds. The first kappa shape index (κ1) is 14.9. The van der Waals surface area contributed by atoms with E-state index in [1.807, 2.05) is 40.0 Å². The van der Waals surface area contributed by atoms with Gasteiger partial charge in [0.25, 0.3) is 0 Å². The zero-order valence-corrected chi connectivity index (χ0v) is 12.6. The summed E-state index contributed by atoms with van der Waals surface area (Å²) in [6, 6.07) is 3.84. The standard InChI is InChI=1S/C15H23NO4/c1-15(2,3)20-6-5-17-12-8-14-13(18-10-19-14)7-11(12)9-16-4/h7-8,16H,5-6,9-10H2,1-4H3. The zero-order chi connectivity index (χ0) is 14.6. The highest BCUT2D eigenvalue weighted by molar-refractivity contribution is 5.51.